The molecule has 15 heteroatoms. The van der Waals surface area contributed by atoms with Gasteiger partial charge in [-0.25, -0.2) is 27.2 Å². The van der Waals surface area contributed by atoms with Crippen molar-refractivity contribution < 1.29 is 43.5 Å². The summed E-state index contributed by atoms with van der Waals surface area (Å²) in [5.74, 6) is -3.17. The fraction of sp³-hybridized carbons (Fsp3) is 0.333. The number of nitrogens with zero attached hydrogens (tertiary/aromatic N) is 3. The van der Waals surface area contributed by atoms with Crippen LogP contribution in [-0.2, 0) is 16.2 Å². The van der Waals surface area contributed by atoms with E-state index in [-0.39, 0.29) is 16.8 Å². The molecule has 4 rings (SSSR count). The molecule has 0 amide bonds. The van der Waals surface area contributed by atoms with Crippen LogP contribution in [-0.4, -0.2) is 46.4 Å². The van der Waals surface area contributed by atoms with E-state index in [0.29, 0.717) is 18.5 Å². The molecule has 33 heavy (non-hydrogen) atoms. The van der Waals surface area contributed by atoms with Gasteiger partial charge in [-0.2, -0.15) is 30.6 Å². The number of aromatic nitrogens is 3. The molecule has 0 spiro atoms. The Labute approximate surface area is 180 Å². The minimum atomic E-state index is -5.14. The Kier molecular flexibility index (Phi) is 5.39. The molecular weight excluding hydrogens is 488 g/mol. The van der Waals surface area contributed by atoms with Gasteiger partial charge in [-0.1, -0.05) is 0 Å². The van der Waals surface area contributed by atoms with Gasteiger partial charge in [0.2, 0.25) is 0 Å². The van der Waals surface area contributed by atoms with Crippen molar-refractivity contribution in [3.05, 3.63) is 41.7 Å². The highest BCUT2D eigenvalue weighted by Crippen LogP contribution is 2.43. The maximum Gasteiger partial charge on any atom is 0.417 e. The van der Waals surface area contributed by atoms with E-state index in [1.807, 2.05) is 0 Å². The molecule has 2 aromatic heterocycles. The second kappa shape index (κ2) is 7.62. The third-order valence-corrected chi connectivity index (χ3v) is 6.99. The molecule has 6 nitrogen and oxygen atoms in total. The molecular formula is C18H12F8N4O2S. The summed E-state index contributed by atoms with van der Waals surface area (Å²) in [6.45, 7) is -0.480. The standard InChI is InChI=1S/C18H12F8N4O2S/c19-8-6-27-16(28-7-8)14-9-4-13(29-15(9)11(20)5-10(14)17(21,22)23)33(31,32)30-3-1-2-12(30)18(24,25)26/h4-7,12,29H,1-3H2/t12-/m0/s1. The SMILES string of the molecule is O=S(=O)(c1cc2c(-c3ncc(F)cn3)c(C(F)(F)F)cc(F)c2[nH]1)N1CCC[C@H]1C(F)(F)F. The van der Waals surface area contributed by atoms with E-state index in [1.165, 1.54) is 0 Å². The Balaban J connectivity index is 1.96. The number of halogens is 8. The first-order valence-corrected chi connectivity index (χ1v) is 10.6. The highest BCUT2D eigenvalue weighted by Gasteiger charge is 2.51. The second-order valence-electron chi connectivity index (χ2n) is 7.24. The molecule has 0 unspecified atom stereocenters. The summed E-state index contributed by atoms with van der Waals surface area (Å²) in [5.41, 5.74) is -3.14. The number of H-pyrrole nitrogens is 1. The van der Waals surface area contributed by atoms with Crippen LogP contribution in [0.3, 0.4) is 0 Å². The molecule has 3 aromatic rings. The summed E-state index contributed by atoms with van der Waals surface area (Å²) in [7, 11) is -4.89. The van der Waals surface area contributed by atoms with Crippen LogP contribution in [0.4, 0.5) is 35.1 Å². The van der Waals surface area contributed by atoms with Gasteiger partial charge in [0.05, 0.1) is 23.5 Å². The Hall–Kier alpha value is -2.81. The van der Waals surface area contributed by atoms with Crippen molar-refractivity contribution >= 4 is 20.9 Å². The van der Waals surface area contributed by atoms with Crippen LogP contribution in [0.25, 0.3) is 22.3 Å². The highest BCUT2D eigenvalue weighted by molar-refractivity contribution is 7.89. The summed E-state index contributed by atoms with van der Waals surface area (Å²) >= 11 is 0. The Bertz CT molecular complexity index is 1320. The van der Waals surface area contributed by atoms with E-state index in [1.54, 1.807) is 0 Å². The topological polar surface area (TPSA) is 79.0 Å². The zero-order valence-electron chi connectivity index (χ0n) is 16.1. The van der Waals surface area contributed by atoms with Crippen LogP contribution < -0.4 is 0 Å². The van der Waals surface area contributed by atoms with Gasteiger partial charge in [-0.15, -0.1) is 0 Å². The van der Waals surface area contributed by atoms with E-state index in [9.17, 15) is 43.5 Å². The minimum Gasteiger partial charge on any atom is -0.342 e. The van der Waals surface area contributed by atoms with Gasteiger partial charge in [-0.3, -0.25) is 0 Å². The molecule has 0 aliphatic carbocycles. The van der Waals surface area contributed by atoms with Crippen molar-refractivity contribution in [1.82, 2.24) is 19.3 Å². The minimum absolute atomic E-state index is 0.0751. The van der Waals surface area contributed by atoms with Gasteiger partial charge in [0, 0.05) is 17.5 Å². The highest BCUT2D eigenvalue weighted by atomic mass is 32.2. The number of aromatic amines is 1. The third kappa shape index (κ3) is 4.03. The molecule has 1 N–H and O–H groups in total. The van der Waals surface area contributed by atoms with Gasteiger partial charge >= 0.3 is 12.4 Å². The number of benzene rings is 1. The first-order valence-electron chi connectivity index (χ1n) is 9.20. The number of nitrogens with one attached hydrogen (secondary N) is 1. The number of sulfonamides is 1. The largest absolute Gasteiger partial charge is 0.417 e. The van der Waals surface area contributed by atoms with Crippen LogP contribution in [0.2, 0.25) is 0 Å². The number of rotatable bonds is 3. The van der Waals surface area contributed by atoms with Crippen LogP contribution in [0.5, 0.6) is 0 Å². The third-order valence-electron chi connectivity index (χ3n) is 5.16. The lowest BCUT2D eigenvalue weighted by molar-refractivity contribution is -0.165. The normalized spacial score (nSPS) is 18.4. The number of hydrogen-bond donors (Lipinski definition) is 1. The molecule has 1 atom stereocenters. The van der Waals surface area contributed by atoms with Crippen molar-refractivity contribution in [3.8, 4) is 11.4 Å². The molecule has 0 bridgehead atoms. The molecule has 1 fully saturated rings. The molecule has 1 aliphatic heterocycles. The van der Waals surface area contributed by atoms with E-state index in [2.05, 4.69) is 15.0 Å². The number of fused-ring (bicyclic) bond motifs is 1. The van der Waals surface area contributed by atoms with E-state index < -0.39 is 85.9 Å². The van der Waals surface area contributed by atoms with Crippen molar-refractivity contribution in [1.29, 1.82) is 0 Å². The lowest BCUT2D eigenvalue weighted by atomic mass is 10.0. The molecule has 1 aromatic carbocycles. The lowest BCUT2D eigenvalue weighted by Crippen LogP contribution is -2.44. The monoisotopic (exact) mass is 500 g/mol. The first-order chi connectivity index (χ1) is 15.2. The van der Waals surface area contributed by atoms with Gasteiger partial charge in [0.15, 0.2) is 11.6 Å². The maximum absolute atomic E-state index is 14.6. The average molecular weight is 500 g/mol. The van der Waals surface area contributed by atoms with Crippen molar-refractivity contribution in [2.45, 2.75) is 36.3 Å². The maximum atomic E-state index is 14.6. The van der Waals surface area contributed by atoms with Crippen LogP contribution in [0.15, 0.2) is 29.6 Å². The van der Waals surface area contributed by atoms with Crippen LogP contribution in [0, 0.1) is 11.6 Å². The average Bonchev–Trinajstić information content (AvgIpc) is 3.36. The quantitative estimate of drug-likeness (QED) is 0.532. The Morgan fingerprint density at radius 3 is 2.24 bits per heavy atom. The summed E-state index contributed by atoms with van der Waals surface area (Å²) < 4.78 is 134. The summed E-state index contributed by atoms with van der Waals surface area (Å²) in [4.78, 5) is 9.01. The zero-order chi connectivity index (χ0) is 24.3. The van der Waals surface area contributed by atoms with Gasteiger partial charge in [0.25, 0.3) is 10.0 Å². The van der Waals surface area contributed by atoms with E-state index >= 15 is 0 Å². The van der Waals surface area contributed by atoms with E-state index in [4.69, 9.17) is 0 Å². The van der Waals surface area contributed by atoms with Gasteiger partial charge < -0.3 is 4.98 Å². The van der Waals surface area contributed by atoms with Gasteiger partial charge in [-0.05, 0) is 25.0 Å². The fourth-order valence-corrected chi connectivity index (χ4v) is 5.44. The lowest BCUT2D eigenvalue weighted by Gasteiger charge is -2.25. The number of hydrogen-bond acceptors (Lipinski definition) is 4. The molecule has 3 heterocycles. The van der Waals surface area contributed by atoms with E-state index in [0.717, 1.165) is 0 Å². The van der Waals surface area contributed by atoms with Crippen LogP contribution >= 0.6 is 0 Å². The molecule has 0 radical (unpaired) electrons. The van der Waals surface area contributed by atoms with Gasteiger partial charge in [0.1, 0.15) is 16.9 Å². The molecule has 1 aliphatic rings. The zero-order valence-corrected chi connectivity index (χ0v) is 16.9. The summed E-state index contributed by atoms with van der Waals surface area (Å²) in [6.07, 6.45) is -9.50. The van der Waals surface area contributed by atoms with Crippen LogP contribution in [0.1, 0.15) is 18.4 Å². The molecule has 0 saturated carbocycles. The molecule has 1 saturated heterocycles. The summed E-state index contributed by atoms with van der Waals surface area (Å²) in [6, 6.07) is -1.66. The van der Waals surface area contributed by atoms with Crippen molar-refractivity contribution in [2.75, 3.05) is 6.54 Å². The Morgan fingerprint density at radius 2 is 1.67 bits per heavy atom. The predicted octanol–water partition coefficient (Wildman–Crippen LogP) is 4.64. The second-order valence-corrected chi connectivity index (χ2v) is 9.10. The summed E-state index contributed by atoms with van der Waals surface area (Å²) in [5, 5.41) is -1.58. The smallest absolute Gasteiger partial charge is 0.342 e. The fourth-order valence-electron chi connectivity index (χ4n) is 3.76. The first kappa shape index (κ1) is 23.4. The molecule has 178 valence electrons. The predicted molar refractivity (Wildman–Crippen MR) is 97.2 cm³/mol. The number of alkyl halides is 6. The van der Waals surface area contributed by atoms with Crippen molar-refractivity contribution in [3.63, 3.8) is 0 Å². The Morgan fingerprint density at radius 1 is 1.03 bits per heavy atom. The van der Waals surface area contributed by atoms with Crippen molar-refractivity contribution in [2.24, 2.45) is 0 Å².